The fourth-order valence-electron chi connectivity index (χ4n) is 3.30. The Morgan fingerprint density at radius 1 is 1.16 bits per heavy atom. The van der Waals surface area contributed by atoms with Gasteiger partial charge in [0.2, 0.25) is 0 Å². The average molecular weight is 447 g/mol. The van der Waals surface area contributed by atoms with E-state index in [0.717, 1.165) is 17.2 Å². The summed E-state index contributed by atoms with van der Waals surface area (Å²) < 4.78 is 33.7. The zero-order valence-electron chi connectivity index (χ0n) is 16.7. The van der Waals surface area contributed by atoms with Gasteiger partial charge in [0.15, 0.2) is 17.4 Å². The molecule has 0 saturated carbocycles. The Morgan fingerprint density at radius 3 is 2.55 bits per heavy atom. The fraction of sp³-hybridized carbons (Fsp3) is 0.217. The van der Waals surface area contributed by atoms with Crippen LogP contribution in [-0.2, 0) is 11.2 Å². The first-order valence-corrected chi connectivity index (χ1v) is 10.0. The van der Waals surface area contributed by atoms with Crippen LogP contribution in [0.4, 0.5) is 8.78 Å². The molecule has 31 heavy (non-hydrogen) atoms. The summed E-state index contributed by atoms with van der Waals surface area (Å²) in [7, 11) is 0. The normalized spacial score (nSPS) is 12.9. The summed E-state index contributed by atoms with van der Waals surface area (Å²) >= 11 is 5.66. The number of nitrogens with two attached hydrogens (primary N) is 1. The summed E-state index contributed by atoms with van der Waals surface area (Å²) in [6.07, 6.45) is 2.02. The highest BCUT2D eigenvalue weighted by Crippen LogP contribution is 2.30. The number of ether oxygens (including phenoxy) is 1. The summed E-state index contributed by atoms with van der Waals surface area (Å²) in [6.45, 7) is 1.78. The van der Waals surface area contributed by atoms with Gasteiger partial charge < -0.3 is 15.6 Å². The Hall–Kier alpha value is -3.03. The summed E-state index contributed by atoms with van der Waals surface area (Å²) in [5.41, 5.74) is 8.24. The SMILES string of the molecule is CC[C@@H](C(=O)O)C(N)Cc1cccc(-c2ccc(Oc3ncc(Cl)cc3F)c(F)c2)c1. The van der Waals surface area contributed by atoms with E-state index in [1.54, 1.807) is 25.1 Å². The van der Waals surface area contributed by atoms with Gasteiger partial charge in [-0.3, -0.25) is 4.79 Å². The number of halogens is 3. The van der Waals surface area contributed by atoms with Gasteiger partial charge in [0, 0.05) is 12.2 Å². The van der Waals surface area contributed by atoms with Gasteiger partial charge in [-0.1, -0.05) is 48.9 Å². The highest BCUT2D eigenvalue weighted by molar-refractivity contribution is 6.30. The van der Waals surface area contributed by atoms with Gasteiger partial charge in [-0.15, -0.1) is 0 Å². The fourth-order valence-corrected chi connectivity index (χ4v) is 3.44. The van der Waals surface area contributed by atoms with Crippen molar-refractivity contribution in [2.24, 2.45) is 11.7 Å². The first kappa shape index (κ1) is 22.7. The highest BCUT2D eigenvalue weighted by atomic mass is 35.5. The predicted octanol–water partition coefficient (Wildman–Crippen LogP) is 5.45. The summed E-state index contributed by atoms with van der Waals surface area (Å²) in [6, 6.07) is 12.1. The second-order valence-corrected chi connectivity index (χ2v) is 7.55. The van der Waals surface area contributed by atoms with Gasteiger partial charge in [-0.05, 0) is 47.7 Å². The minimum Gasteiger partial charge on any atom is -0.481 e. The molecule has 0 fully saturated rings. The van der Waals surface area contributed by atoms with Crippen molar-refractivity contribution in [3.05, 3.63) is 76.9 Å². The third kappa shape index (κ3) is 5.57. The molecule has 8 heteroatoms. The Labute approximate surface area is 183 Å². The van der Waals surface area contributed by atoms with Crippen LogP contribution >= 0.6 is 11.6 Å². The molecule has 2 atom stereocenters. The molecule has 0 aliphatic carbocycles. The standard InChI is InChI=1S/C23H21ClF2N2O3/c1-2-17(23(29)30)20(27)9-13-4-3-5-14(8-13)15-6-7-21(18(25)10-15)31-22-19(26)11-16(24)12-28-22/h3-8,10-12,17,20H,2,9,27H2,1H3,(H,29,30)/t17-,20?/m1/s1. The lowest BCUT2D eigenvalue weighted by Crippen LogP contribution is -2.36. The van der Waals surface area contributed by atoms with Gasteiger partial charge in [-0.2, -0.15) is 0 Å². The van der Waals surface area contributed by atoms with E-state index in [-0.39, 0.29) is 16.7 Å². The van der Waals surface area contributed by atoms with E-state index in [4.69, 9.17) is 22.1 Å². The summed E-state index contributed by atoms with van der Waals surface area (Å²) in [4.78, 5) is 15.0. The van der Waals surface area contributed by atoms with E-state index in [9.17, 15) is 18.7 Å². The maximum Gasteiger partial charge on any atom is 0.308 e. The molecule has 3 rings (SSSR count). The lowest BCUT2D eigenvalue weighted by Gasteiger charge is -2.19. The molecule has 0 bridgehead atoms. The van der Waals surface area contributed by atoms with Gasteiger partial charge in [-0.25, -0.2) is 13.8 Å². The highest BCUT2D eigenvalue weighted by Gasteiger charge is 2.23. The van der Waals surface area contributed by atoms with Crippen molar-refractivity contribution < 1.29 is 23.4 Å². The van der Waals surface area contributed by atoms with Crippen molar-refractivity contribution in [2.75, 3.05) is 0 Å². The van der Waals surface area contributed by atoms with E-state index >= 15 is 0 Å². The van der Waals surface area contributed by atoms with Crippen molar-refractivity contribution >= 4 is 17.6 Å². The number of rotatable bonds is 8. The van der Waals surface area contributed by atoms with Crippen LogP contribution in [0.1, 0.15) is 18.9 Å². The molecule has 1 heterocycles. The molecule has 0 aliphatic rings. The van der Waals surface area contributed by atoms with Crippen molar-refractivity contribution in [3.63, 3.8) is 0 Å². The molecule has 0 radical (unpaired) electrons. The first-order valence-electron chi connectivity index (χ1n) is 9.64. The number of aliphatic carboxylic acids is 1. The van der Waals surface area contributed by atoms with E-state index in [1.807, 2.05) is 12.1 Å². The van der Waals surface area contributed by atoms with Crippen molar-refractivity contribution in [3.8, 4) is 22.8 Å². The number of carboxylic acid groups (broad SMARTS) is 1. The molecular formula is C23H21ClF2N2O3. The van der Waals surface area contributed by atoms with Crippen LogP contribution in [0.3, 0.4) is 0 Å². The van der Waals surface area contributed by atoms with Crippen molar-refractivity contribution in [1.82, 2.24) is 4.98 Å². The smallest absolute Gasteiger partial charge is 0.308 e. The lowest BCUT2D eigenvalue weighted by atomic mass is 9.91. The van der Waals surface area contributed by atoms with Crippen molar-refractivity contribution in [2.45, 2.75) is 25.8 Å². The van der Waals surface area contributed by atoms with Gasteiger partial charge in [0.25, 0.3) is 5.88 Å². The Kier molecular flexibility index (Phi) is 7.20. The molecule has 162 valence electrons. The quantitative estimate of drug-likeness (QED) is 0.480. The zero-order valence-corrected chi connectivity index (χ0v) is 17.4. The second kappa shape index (κ2) is 9.85. The molecule has 3 aromatic rings. The minimum atomic E-state index is -0.921. The number of hydrogen-bond acceptors (Lipinski definition) is 4. The van der Waals surface area contributed by atoms with Gasteiger partial charge in [0.1, 0.15) is 0 Å². The average Bonchev–Trinajstić information content (AvgIpc) is 2.71. The third-order valence-electron chi connectivity index (χ3n) is 4.92. The largest absolute Gasteiger partial charge is 0.481 e. The molecule has 5 nitrogen and oxygen atoms in total. The van der Waals surface area contributed by atoms with E-state index in [2.05, 4.69) is 4.98 Å². The van der Waals surface area contributed by atoms with Crippen LogP contribution in [0.15, 0.2) is 54.7 Å². The van der Waals surface area contributed by atoms with Crippen LogP contribution in [0.5, 0.6) is 11.6 Å². The summed E-state index contributed by atoms with van der Waals surface area (Å²) in [5.74, 6) is -3.60. The van der Waals surface area contributed by atoms with Gasteiger partial charge in [0.05, 0.1) is 10.9 Å². The Morgan fingerprint density at radius 2 is 1.90 bits per heavy atom. The maximum absolute atomic E-state index is 14.6. The molecule has 3 N–H and O–H groups in total. The number of aromatic nitrogens is 1. The molecule has 1 unspecified atom stereocenters. The maximum atomic E-state index is 14.6. The molecule has 0 aliphatic heterocycles. The second-order valence-electron chi connectivity index (χ2n) is 7.11. The molecular weight excluding hydrogens is 426 g/mol. The Balaban J connectivity index is 1.80. The van der Waals surface area contributed by atoms with Crippen LogP contribution < -0.4 is 10.5 Å². The van der Waals surface area contributed by atoms with E-state index in [1.165, 1.54) is 18.3 Å². The molecule has 1 aromatic heterocycles. The first-order chi connectivity index (χ1) is 14.8. The number of hydrogen-bond donors (Lipinski definition) is 2. The number of pyridine rings is 1. The minimum absolute atomic E-state index is 0.105. The number of nitrogens with zero attached hydrogens (tertiary/aromatic N) is 1. The van der Waals surface area contributed by atoms with Crippen LogP contribution in [-0.4, -0.2) is 22.1 Å². The Bertz CT molecular complexity index is 1090. The zero-order chi connectivity index (χ0) is 22.5. The lowest BCUT2D eigenvalue weighted by molar-refractivity contribution is -0.142. The van der Waals surface area contributed by atoms with Crippen LogP contribution in [0.2, 0.25) is 5.02 Å². The third-order valence-corrected chi connectivity index (χ3v) is 5.12. The van der Waals surface area contributed by atoms with Crippen molar-refractivity contribution in [1.29, 1.82) is 0 Å². The number of carbonyl (C=O) groups is 1. The topological polar surface area (TPSA) is 85.4 Å². The number of benzene rings is 2. The molecule has 0 spiro atoms. The van der Waals surface area contributed by atoms with E-state index in [0.29, 0.717) is 18.4 Å². The van der Waals surface area contributed by atoms with Crippen LogP contribution in [0, 0.1) is 17.6 Å². The molecule has 2 aromatic carbocycles. The molecule has 0 amide bonds. The molecule has 0 saturated heterocycles. The van der Waals surface area contributed by atoms with Crippen LogP contribution in [0.25, 0.3) is 11.1 Å². The summed E-state index contributed by atoms with van der Waals surface area (Å²) in [5, 5.41) is 9.38. The monoisotopic (exact) mass is 446 g/mol. The number of carboxylic acids is 1. The van der Waals surface area contributed by atoms with Gasteiger partial charge >= 0.3 is 5.97 Å². The van der Waals surface area contributed by atoms with E-state index < -0.39 is 29.6 Å². The predicted molar refractivity (Wildman–Crippen MR) is 114 cm³/mol.